The van der Waals surface area contributed by atoms with E-state index in [-0.39, 0.29) is 17.1 Å². The molecule has 9 heteroatoms. The maximum absolute atomic E-state index is 12.6. The predicted molar refractivity (Wildman–Crippen MR) is 111 cm³/mol. The van der Waals surface area contributed by atoms with Gasteiger partial charge in [-0.05, 0) is 54.6 Å². The number of fused-ring (bicyclic) bond motifs is 1. The molecule has 1 amide bonds. The van der Waals surface area contributed by atoms with Crippen molar-refractivity contribution in [2.24, 2.45) is 0 Å². The van der Waals surface area contributed by atoms with E-state index in [2.05, 4.69) is 5.32 Å². The fourth-order valence-electron chi connectivity index (χ4n) is 3.05. The van der Waals surface area contributed by atoms with Crippen molar-refractivity contribution >= 4 is 50.9 Å². The number of hydrogen-bond acceptors (Lipinski definition) is 4. The third-order valence-corrected chi connectivity index (χ3v) is 5.27. The molecule has 0 spiro atoms. The van der Waals surface area contributed by atoms with Crippen LogP contribution in [0.4, 0.5) is 11.4 Å². The van der Waals surface area contributed by atoms with Crippen LogP contribution < -0.4 is 11.0 Å². The molecule has 0 radical (unpaired) electrons. The van der Waals surface area contributed by atoms with Gasteiger partial charge in [-0.15, -0.1) is 0 Å². The number of imidazole rings is 1. The van der Waals surface area contributed by atoms with E-state index in [1.165, 1.54) is 21.3 Å². The Balaban J connectivity index is 2.18. The number of rotatable bonds is 5. The first-order chi connectivity index (χ1) is 12.9. The summed E-state index contributed by atoms with van der Waals surface area (Å²) in [5.74, 6) is -0.442. The van der Waals surface area contributed by atoms with Crippen LogP contribution in [0, 0.1) is 13.7 Å². The fourth-order valence-corrected chi connectivity index (χ4v) is 3.68. The lowest BCUT2D eigenvalue weighted by atomic mass is 10.2. The van der Waals surface area contributed by atoms with Gasteiger partial charge in [-0.1, -0.05) is 12.1 Å². The molecule has 0 saturated carbocycles. The van der Waals surface area contributed by atoms with Crippen molar-refractivity contribution in [3.8, 4) is 0 Å². The summed E-state index contributed by atoms with van der Waals surface area (Å²) in [6.45, 7) is 4.45. The number of nitrogens with zero attached hydrogens (tertiary/aromatic N) is 3. The number of carbonyl (C=O) groups excluding carboxylic acids is 1. The van der Waals surface area contributed by atoms with Gasteiger partial charge in [0.05, 0.1) is 21.5 Å². The summed E-state index contributed by atoms with van der Waals surface area (Å²) in [6, 6.07) is 9.81. The molecule has 0 saturated heterocycles. The summed E-state index contributed by atoms with van der Waals surface area (Å²) < 4.78 is 3.75. The van der Waals surface area contributed by atoms with Crippen LogP contribution in [0.5, 0.6) is 0 Å². The molecule has 0 atom stereocenters. The summed E-state index contributed by atoms with van der Waals surface area (Å²) in [5, 5.41) is 14.2. The molecule has 1 aromatic heterocycles. The van der Waals surface area contributed by atoms with Crippen LogP contribution in [0.25, 0.3) is 11.0 Å². The highest BCUT2D eigenvalue weighted by Crippen LogP contribution is 2.31. The lowest BCUT2D eigenvalue weighted by molar-refractivity contribution is -0.383. The van der Waals surface area contributed by atoms with Crippen molar-refractivity contribution < 1.29 is 9.72 Å². The van der Waals surface area contributed by atoms with Crippen molar-refractivity contribution in [1.29, 1.82) is 0 Å². The summed E-state index contributed by atoms with van der Waals surface area (Å²) in [7, 11) is 0. The van der Waals surface area contributed by atoms with Crippen molar-refractivity contribution in [3.05, 3.63) is 66.1 Å². The molecule has 0 unspecified atom stereocenters. The lowest BCUT2D eigenvalue weighted by Gasteiger charge is -2.09. The van der Waals surface area contributed by atoms with E-state index < -0.39 is 10.8 Å². The Labute approximate surface area is 168 Å². The van der Waals surface area contributed by atoms with Crippen molar-refractivity contribution in [3.63, 3.8) is 0 Å². The van der Waals surface area contributed by atoms with E-state index in [0.29, 0.717) is 29.7 Å². The predicted octanol–water partition coefficient (Wildman–Crippen LogP) is 3.61. The average molecular weight is 480 g/mol. The van der Waals surface area contributed by atoms with E-state index in [1.807, 2.05) is 29.5 Å². The molecule has 2 aromatic carbocycles. The van der Waals surface area contributed by atoms with Crippen molar-refractivity contribution in [1.82, 2.24) is 9.13 Å². The molecule has 0 aliphatic carbocycles. The molecule has 0 aliphatic rings. The normalized spacial score (nSPS) is 10.9. The minimum absolute atomic E-state index is 0.0626. The van der Waals surface area contributed by atoms with Gasteiger partial charge in [0.2, 0.25) is 0 Å². The van der Waals surface area contributed by atoms with Crippen molar-refractivity contribution in [2.75, 3.05) is 5.32 Å². The maximum Gasteiger partial charge on any atom is 0.329 e. The summed E-state index contributed by atoms with van der Waals surface area (Å²) >= 11 is 2.04. The first kappa shape index (κ1) is 19.1. The third-order valence-electron chi connectivity index (χ3n) is 4.33. The van der Waals surface area contributed by atoms with E-state index >= 15 is 0 Å². The molecule has 8 nitrogen and oxygen atoms in total. The molecule has 27 heavy (non-hydrogen) atoms. The van der Waals surface area contributed by atoms with Crippen molar-refractivity contribution in [2.45, 2.75) is 26.9 Å². The average Bonchev–Trinajstić information content (AvgIpc) is 2.90. The smallest absolute Gasteiger partial charge is 0.316 e. The Hall–Kier alpha value is -2.69. The van der Waals surface area contributed by atoms with Gasteiger partial charge in [0, 0.05) is 22.7 Å². The summed E-state index contributed by atoms with van der Waals surface area (Å²) in [6.07, 6.45) is 0. The van der Waals surface area contributed by atoms with E-state index in [4.69, 9.17) is 0 Å². The van der Waals surface area contributed by atoms with Gasteiger partial charge in [0.1, 0.15) is 5.69 Å². The van der Waals surface area contributed by atoms with Crippen LogP contribution in [0.3, 0.4) is 0 Å². The monoisotopic (exact) mass is 480 g/mol. The molecule has 3 rings (SSSR count). The zero-order chi connectivity index (χ0) is 19.7. The Morgan fingerprint density at radius 1 is 1.15 bits per heavy atom. The van der Waals surface area contributed by atoms with E-state index in [0.717, 1.165) is 3.57 Å². The summed E-state index contributed by atoms with van der Waals surface area (Å²) in [5.41, 5.74) is 1.03. The number of aromatic nitrogens is 2. The molecular weight excluding hydrogens is 463 g/mol. The Bertz CT molecular complexity index is 1120. The van der Waals surface area contributed by atoms with Gasteiger partial charge in [-0.2, -0.15) is 0 Å². The molecule has 1 N–H and O–H groups in total. The molecular formula is C18H17IN4O4. The number of carbonyl (C=O) groups is 1. The second-order valence-electron chi connectivity index (χ2n) is 5.82. The van der Waals surface area contributed by atoms with Gasteiger partial charge < -0.3 is 5.32 Å². The molecule has 1 heterocycles. The second kappa shape index (κ2) is 7.51. The minimum atomic E-state index is -0.557. The lowest BCUT2D eigenvalue weighted by Crippen LogP contribution is -2.23. The molecule has 0 aliphatic heterocycles. The zero-order valence-corrected chi connectivity index (χ0v) is 16.9. The largest absolute Gasteiger partial charge is 0.329 e. The zero-order valence-electron chi connectivity index (χ0n) is 14.7. The topological polar surface area (TPSA) is 99.2 Å². The molecule has 0 bridgehead atoms. The van der Waals surface area contributed by atoms with Crippen LogP contribution >= 0.6 is 22.6 Å². The number of hydrogen-bond donors (Lipinski definition) is 1. The Morgan fingerprint density at radius 3 is 2.30 bits per heavy atom. The third kappa shape index (κ3) is 3.34. The van der Waals surface area contributed by atoms with Gasteiger partial charge in [-0.25, -0.2) is 4.79 Å². The first-order valence-electron chi connectivity index (χ1n) is 8.36. The van der Waals surface area contributed by atoms with E-state index in [1.54, 1.807) is 31.2 Å². The number of aryl methyl sites for hydroxylation is 2. The highest BCUT2D eigenvalue weighted by atomic mass is 127. The quantitative estimate of drug-likeness (QED) is 0.343. The number of benzene rings is 2. The van der Waals surface area contributed by atoms with Gasteiger partial charge in [0.25, 0.3) is 11.6 Å². The van der Waals surface area contributed by atoms with E-state index in [9.17, 15) is 19.7 Å². The number of amides is 1. The van der Waals surface area contributed by atoms with Crippen LogP contribution in [-0.2, 0) is 13.1 Å². The van der Waals surface area contributed by atoms with Gasteiger partial charge in [-0.3, -0.25) is 24.0 Å². The number of halogens is 1. The number of nitro groups is 1. The highest BCUT2D eigenvalue weighted by Gasteiger charge is 2.22. The number of nitrogens with one attached hydrogen (secondary N) is 1. The standard InChI is InChI=1S/C18H17IN4O4/c1-3-21-15-9-13(20-17(24)11-7-5-6-8-12(11)19)14(23(26)27)10-16(15)22(4-2)18(21)25/h5-10H,3-4H2,1-2H3,(H,20,24). The number of anilines is 1. The fraction of sp³-hybridized carbons (Fsp3) is 0.222. The van der Waals surface area contributed by atoms with Crippen LogP contribution in [0.15, 0.2) is 41.2 Å². The van der Waals surface area contributed by atoms with Gasteiger partial charge >= 0.3 is 5.69 Å². The first-order valence-corrected chi connectivity index (χ1v) is 9.44. The second-order valence-corrected chi connectivity index (χ2v) is 6.98. The summed E-state index contributed by atoms with van der Waals surface area (Å²) in [4.78, 5) is 36.1. The number of nitro benzene ring substituents is 1. The Morgan fingerprint density at radius 2 is 1.74 bits per heavy atom. The minimum Gasteiger partial charge on any atom is -0.316 e. The van der Waals surface area contributed by atoms with Gasteiger partial charge in [0.15, 0.2) is 0 Å². The van der Waals surface area contributed by atoms with Crippen LogP contribution in [0.2, 0.25) is 0 Å². The molecule has 0 fully saturated rings. The van der Waals surface area contributed by atoms with Crippen LogP contribution in [-0.4, -0.2) is 20.0 Å². The maximum atomic E-state index is 12.6. The highest BCUT2D eigenvalue weighted by molar-refractivity contribution is 14.1. The molecule has 3 aromatic rings. The van der Waals surface area contributed by atoms with Crippen LogP contribution in [0.1, 0.15) is 24.2 Å². The molecule has 140 valence electrons. The SMILES string of the molecule is CCn1c(=O)n(CC)c2cc([N+](=O)[O-])c(NC(=O)c3ccccc3I)cc21. The Kier molecular flexibility index (Phi) is 5.31.